The molecule has 3 rings (SSSR count). The van der Waals surface area contributed by atoms with E-state index < -0.39 is 23.1 Å². The minimum Gasteiger partial charge on any atom is -0.354 e. The third-order valence-corrected chi connectivity index (χ3v) is 5.26. The molecule has 5 nitrogen and oxygen atoms in total. The zero-order valence-electron chi connectivity index (χ0n) is 15.5. The average molecular weight is 399 g/mol. The smallest absolute Gasteiger partial charge is 0.241 e. The Labute approximate surface area is 163 Å². The summed E-state index contributed by atoms with van der Waals surface area (Å²) in [4.78, 5) is 12.7. The maximum absolute atomic E-state index is 14.4. The van der Waals surface area contributed by atoms with Gasteiger partial charge in [-0.05, 0) is 32.0 Å². The third kappa shape index (κ3) is 4.30. The van der Waals surface area contributed by atoms with Crippen molar-refractivity contribution < 1.29 is 13.6 Å². The molecule has 1 atom stereocenters. The summed E-state index contributed by atoms with van der Waals surface area (Å²) in [5.41, 5.74) is 0.142. The molecule has 1 saturated carbocycles. The molecule has 0 bridgehead atoms. The Morgan fingerprint density at radius 2 is 1.93 bits per heavy atom. The highest BCUT2D eigenvalue weighted by atomic mass is 35.5. The monoisotopic (exact) mass is 398 g/mol. The van der Waals surface area contributed by atoms with Crippen molar-refractivity contribution in [3.05, 3.63) is 53.4 Å². The molecule has 0 aliphatic heterocycles. The van der Waals surface area contributed by atoms with Crippen LogP contribution in [-0.2, 0) is 17.3 Å². The number of nitrogens with one attached hydrogen (secondary N) is 2. The van der Waals surface area contributed by atoms with Gasteiger partial charge < -0.3 is 10.6 Å². The van der Waals surface area contributed by atoms with Crippen LogP contribution in [0.5, 0.6) is 0 Å². The van der Waals surface area contributed by atoms with Crippen molar-refractivity contribution in [2.45, 2.75) is 37.1 Å². The Morgan fingerprint density at radius 3 is 2.44 bits per heavy atom. The van der Waals surface area contributed by atoms with Crippen molar-refractivity contribution in [1.82, 2.24) is 20.4 Å². The van der Waals surface area contributed by atoms with Gasteiger partial charge in [0.2, 0.25) is 5.91 Å². The molecule has 0 radical (unpaired) electrons. The van der Waals surface area contributed by atoms with E-state index in [2.05, 4.69) is 15.7 Å². The Kier molecular flexibility index (Phi) is 6.95. The molecule has 8 heteroatoms. The molecule has 2 N–H and O–H groups in total. The molecule has 0 saturated heterocycles. The Hall–Kier alpha value is -1.99. The van der Waals surface area contributed by atoms with Crippen LogP contribution in [0, 0.1) is 11.6 Å². The van der Waals surface area contributed by atoms with Crippen LogP contribution in [0.3, 0.4) is 0 Å². The standard InChI is InChI=1S/C19H24F2N4O.ClH/c1-22-17(13-10-24-25(2)11-13)18(26)23-12-19(8-3-4-9-19)16-14(20)6-5-7-15(16)21;/h5-7,10-11,17,22H,3-4,8-9,12H2,1-2H3,(H,23,26);1H. The molecule has 1 unspecified atom stereocenters. The van der Waals surface area contributed by atoms with E-state index in [-0.39, 0.29) is 30.4 Å². The fourth-order valence-electron chi connectivity index (χ4n) is 3.97. The van der Waals surface area contributed by atoms with Gasteiger partial charge in [-0.3, -0.25) is 9.48 Å². The summed E-state index contributed by atoms with van der Waals surface area (Å²) in [7, 11) is 3.47. The van der Waals surface area contributed by atoms with Gasteiger partial charge in [-0.1, -0.05) is 18.9 Å². The van der Waals surface area contributed by atoms with Gasteiger partial charge in [-0.25, -0.2) is 8.78 Å². The predicted molar refractivity (Wildman–Crippen MR) is 102 cm³/mol. The van der Waals surface area contributed by atoms with Gasteiger partial charge in [-0.2, -0.15) is 5.10 Å². The highest BCUT2D eigenvalue weighted by Gasteiger charge is 2.40. The van der Waals surface area contributed by atoms with Gasteiger partial charge in [0, 0.05) is 36.3 Å². The van der Waals surface area contributed by atoms with Gasteiger partial charge in [0.25, 0.3) is 0 Å². The topological polar surface area (TPSA) is 59.0 Å². The number of aryl methyl sites for hydroxylation is 1. The largest absolute Gasteiger partial charge is 0.354 e. The summed E-state index contributed by atoms with van der Waals surface area (Å²) in [5, 5.41) is 9.96. The van der Waals surface area contributed by atoms with Crippen molar-refractivity contribution in [3.8, 4) is 0 Å². The first-order valence-electron chi connectivity index (χ1n) is 8.85. The van der Waals surface area contributed by atoms with Crippen molar-refractivity contribution >= 4 is 18.3 Å². The average Bonchev–Trinajstić information content (AvgIpc) is 3.24. The number of halogens is 3. The molecule has 27 heavy (non-hydrogen) atoms. The van der Waals surface area contributed by atoms with Crippen LogP contribution in [0.25, 0.3) is 0 Å². The summed E-state index contributed by atoms with van der Waals surface area (Å²) in [6.07, 6.45) is 6.49. The quantitative estimate of drug-likeness (QED) is 0.786. The van der Waals surface area contributed by atoms with Crippen molar-refractivity contribution in [2.75, 3.05) is 13.6 Å². The summed E-state index contributed by atoms with van der Waals surface area (Å²) in [6, 6.07) is 3.38. The second-order valence-corrected chi connectivity index (χ2v) is 6.97. The molecule has 1 aliphatic rings. The minimum absolute atomic E-state index is 0. The highest BCUT2D eigenvalue weighted by molar-refractivity contribution is 5.85. The van der Waals surface area contributed by atoms with Crippen molar-refractivity contribution in [3.63, 3.8) is 0 Å². The van der Waals surface area contributed by atoms with E-state index in [1.807, 2.05) is 0 Å². The zero-order chi connectivity index (χ0) is 18.7. The lowest BCUT2D eigenvalue weighted by Gasteiger charge is -2.31. The first-order chi connectivity index (χ1) is 12.5. The van der Waals surface area contributed by atoms with E-state index in [4.69, 9.17) is 0 Å². The number of carbonyl (C=O) groups is 1. The summed E-state index contributed by atoms with van der Waals surface area (Å²) < 4.78 is 30.4. The van der Waals surface area contributed by atoms with Crippen LogP contribution in [-0.4, -0.2) is 29.3 Å². The van der Waals surface area contributed by atoms with Gasteiger partial charge in [0.1, 0.15) is 17.7 Å². The third-order valence-electron chi connectivity index (χ3n) is 5.26. The normalized spacial score (nSPS) is 16.6. The summed E-state index contributed by atoms with van der Waals surface area (Å²) in [6.45, 7) is 0.210. The molecule has 2 aromatic rings. The van der Waals surface area contributed by atoms with E-state index in [0.717, 1.165) is 18.4 Å². The lowest BCUT2D eigenvalue weighted by Crippen LogP contribution is -2.44. The van der Waals surface area contributed by atoms with E-state index >= 15 is 0 Å². The lowest BCUT2D eigenvalue weighted by molar-refractivity contribution is -0.123. The number of likely N-dealkylation sites (N-methyl/N-ethyl adjacent to an activating group) is 1. The van der Waals surface area contributed by atoms with Gasteiger partial charge in [-0.15, -0.1) is 12.4 Å². The van der Waals surface area contributed by atoms with Crippen LogP contribution >= 0.6 is 12.4 Å². The van der Waals surface area contributed by atoms with Crippen molar-refractivity contribution in [1.29, 1.82) is 0 Å². The second-order valence-electron chi connectivity index (χ2n) is 6.97. The van der Waals surface area contributed by atoms with E-state index in [9.17, 15) is 13.6 Å². The minimum atomic E-state index is -0.696. The Balaban J connectivity index is 0.00000261. The van der Waals surface area contributed by atoms with Crippen LogP contribution in [0.15, 0.2) is 30.6 Å². The molecular formula is C19H25ClF2N4O. The molecule has 1 aliphatic carbocycles. The molecule has 1 amide bonds. The Morgan fingerprint density at radius 1 is 1.30 bits per heavy atom. The molecule has 1 fully saturated rings. The lowest BCUT2D eigenvalue weighted by atomic mass is 9.78. The number of benzene rings is 1. The molecule has 0 spiro atoms. The number of hydrogen-bond acceptors (Lipinski definition) is 3. The van der Waals surface area contributed by atoms with Crippen LogP contribution in [0.1, 0.15) is 42.9 Å². The predicted octanol–water partition coefficient (Wildman–Crippen LogP) is 3.01. The number of amides is 1. The molecule has 148 valence electrons. The van der Waals surface area contributed by atoms with Crippen LogP contribution < -0.4 is 10.6 Å². The number of hydrogen-bond donors (Lipinski definition) is 2. The fraction of sp³-hybridized carbons (Fsp3) is 0.474. The maximum Gasteiger partial charge on any atom is 0.241 e. The number of rotatable bonds is 6. The Bertz CT molecular complexity index is 770. The number of carbonyl (C=O) groups excluding carboxylic acids is 1. The van der Waals surface area contributed by atoms with Gasteiger partial charge >= 0.3 is 0 Å². The molecule has 1 aromatic carbocycles. The van der Waals surface area contributed by atoms with E-state index in [1.54, 1.807) is 31.2 Å². The fourth-order valence-corrected chi connectivity index (χ4v) is 3.97. The highest BCUT2D eigenvalue weighted by Crippen LogP contribution is 2.42. The van der Waals surface area contributed by atoms with E-state index in [1.165, 1.54) is 18.2 Å². The van der Waals surface area contributed by atoms with Gasteiger partial charge in [0.15, 0.2) is 0 Å². The first kappa shape index (κ1) is 21.3. The number of nitrogens with zero attached hydrogens (tertiary/aromatic N) is 2. The molecule has 1 heterocycles. The summed E-state index contributed by atoms with van der Waals surface area (Å²) in [5.74, 6) is -1.32. The SMILES string of the molecule is CNC(C(=O)NCC1(c2c(F)cccc2F)CCCC1)c1cnn(C)c1.Cl. The summed E-state index contributed by atoms with van der Waals surface area (Å²) >= 11 is 0. The first-order valence-corrected chi connectivity index (χ1v) is 8.85. The van der Waals surface area contributed by atoms with Crippen LogP contribution in [0.4, 0.5) is 8.78 Å². The number of aromatic nitrogens is 2. The van der Waals surface area contributed by atoms with E-state index in [0.29, 0.717) is 12.8 Å². The second kappa shape index (κ2) is 8.80. The van der Waals surface area contributed by atoms with Crippen molar-refractivity contribution in [2.24, 2.45) is 7.05 Å². The maximum atomic E-state index is 14.4. The zero-order valence-corrected chi connectivity index (χ0v) is 16.3. The molecule has 1 aromatic heterocycles. The van der Waals surface area contributed by atoms with Gasteiger partial charge in [0.05, 0.1) is 6.20 Å². The van der Waals surface area contributed by atoms with Crippen LogP contribution in [0.2, 0.25) is 0 Å². The molecular weight excluding hydrogens is 374 g/mol.